The molecule has 28 heavy (non-hydrogen) atoms. The Morgan fingerprint density at radius 1 is 1.04 bits per heavy atom. The summed E-state index contributed by atoms with van der Waals surface area (Å²) >= 11 is 0. The number of morpholine rings is 1. The monoisotopic (exact) mass is 381 g/mol. The van der Waals surface area contributed by atoms with Crippen molar-refractivity contribution >= 4 is 17.8 Å². The van der Waals surface area contributed by atoms with Gasteiger partial charge in [0.1, 0.15) is 6.61 Å². The standard InChI is InChI=1S/C20H23N5O3/c1-23-16(26)14-28-18(17(23)15-6-3-2-4-7-15)19(27)24-10-12-25(13-11-24)20-21-8-5-9-22-20/h2-9,17-18H,10-14H2,1H3/t17-,18+/m0/s1. The summed E-state index contributed by atoms with van der Waals surface area (Å²) in [7, 11) is 1.73. The minimum atomic E-state index is -0.704. The molecule has 146 valence electrons. The van der Waals surface area contributed by atoms with Crippen LogP contribution in [0.25, 0.3) is 0 Å². The summed E-state index contributed by atoms with van der Waals surface area (Å²) in [5.41, 5.74) is 0.896. The fourth-order valence-corrected chi connectivity index (χ4v) is 3.73. The second-order valence-electron chi connectivity index (χ2n) is 6.95. The molecule has 2 aliphatic heterocycles. The molecule has 1 aromatic heterocycles. The van der Waals surface area contributed by atoms with Gasteiger partial charge in [-0.3, -0.25) is 9.59 Å². The van der Waals surface area contributed by atoms with Gasteiger partial charge in [-0.05, 0) is 11.6 Å². The number of likely N-dealkylation sites (N-methyl/N-ethyl adjacent to an activating group) is 1. The maximum absolute atomic E-state index is 13.2. The number of piperazine rings is 1. The number of aromatic nitrogens is 2. The van der Waals surface area contributed by atoms with Gasteiger partial charge in [-0.15, -0.1) is 0 Å². The molecule has 2 amide bonds. The van der Waals surface area contributed by atoms with Gasteiger partial charge in [-0.1, -0.05) is 30.3 Å². The van der Waals surface area contributed by atoms with Gasteiger partial charge in [0.15, 0.2) is 6.10 Å². The van der Waals surface area contributed by atoms with E-state index in [4.69, 9.17) is 4.74 Å². The maximum Gasteiger partial charge on any atom is 0.254 e. The van der Waals surface area contributed by atoms with E-state index in [-0.39, 0.29) is 18.4 Å². The molecule has 0 radical (unpaired) electrons. The zero-order valence-electron chi connectivity index (χ0n) is 15.8. The first-order valence-electron chi connectivity index (χ1n) is 9.38. The van der Waals surface area contributed by atoms with E-state index in [9.17, 15) is 9.59 Å². The van der Waals surface area contributed by atoms with Crippen molar-refractivity contribution in [1.82, 2.24) is 19.8 Å². The first-order valence-corrected chi connectivity index (χ1v) is 9.38. The van der Waals surface area contributed by atoms with Gasteiger partial charge >= 0.3 is 0 Å². The topological polar surface area (TPSA) is 78.9 Å². The summed E-state index contributed by atoms with van der Waals surface area (Å²) in [4.78, 5) is 39.5. The van der Waals surface area contributed by atoms with Crippen LogP contribution in [-0.4, -0.2) is 77.5 Å². The quantitative estimate of drug-likeness (QED) is 0.780. The number of nitrogens with zero attached hydrogens (tertiary/aromatic N) is 5. The summed E-state index contributed by atoms with van der Waals surface area (Å²) in [5.74, 6) is 0.474. The predicted octanol–water partition coefficient (Wildman–Crippen LogP) is 0.724. The second-order valence-corrected chi connectivity index (χ2v) is 6.95. The van der Waals surface area contributed by atoms with Gasteiger partial charge in [0.25, 0.3) is 5.91 Å². The van der Waals surface area contributed by atoms with Crippen molar-refractivity contribution in [3.63, 3.8) is 0 Å². The number of hydrogen-bond acceptors (Lipinski definition) is 6. The molecule has 8 heteroatoms. The molecule has 0 N–H and O–H groups in total. The zero-order valence-corrected chi connectivity index (χ0v) is 15.8. The Hall–Kier alpha value is -3.00. The number of carbonyl (C=O) groups is 2. The number of hydrogen-bond donors (Lipinski definition) is 0. The van der Waals surface area contributed by atoms with Gasteiger partial charge in [0.2, 0.25) is 11.9 Å². The third-order valence-corrected chi connectivity index (χ3v) is 5.29. The van der Waals surface area contributed by atoms with Gasteiger partial charge < -0.3 is 19.4 Å². The van der Waals surface area contributed by atoms with Gasteiger partial charge in [0.05, 0.1) is 6.04 Å². The molecule has 2 aromatic rings. The molecule has 0 saturated carbocycles. The summed E-state index contributed by atoms with van der Waals surface area (Å²) in [6, 6.07) is 10.9. The third-order valence-electron chi connectivity index (χ3n) is 5.29. The molecule has 2 atom stereocenters. The van der Waals surface area contributed by atoms with Crippen LogP contribution >= 0.6 is 0 Å². The van der Waals surface area contributed by atoms with E-state index in [2.05, 4.69) is 14.9 Å². The van der Waals surface area contributed by atoms with Crippen LogP contribution in [0.15, 0.2) is 48.8 Å². The first-order chi connectivity index (χ1) is 13.6. The molecule has 1 aromatic carbocycles. The van der Waals surface area contributed by atoms with Crippen LogP contribution in [0.3, 0.4) is 0 Å². The highest BCUT2D eigenvalue weighted by Gasteiger charge is 2.42. The average molecular weight is 381 g/mol. The molecule has 2 aliphatic rings. The number of amides is 2. The molecule has 0 aliphatic carbocycles. The van der Waals surface area contributed by atoms with E-state index in [0.717, 1.165) is 5.56 Å². The van der Waals surface area contributed by atoms with Gasteiger partial charge in [-0.25, -0.2) is 9.97 Å². The lowest BCUT2D eigenvalue weighted by molar-refractivity contribution is -0.167. The van der Waals surface area contributed by atoms with E-state index in [1.165, 1.54) is 0 Å². The van der Waals surface area contributed by atoms with Crippen LogP contribution in [0, 0.1) is 0 Å². The van der Waals surface area contributed by atoms with Crippen LogP contribution in [0.4, 0.5) is 5.95 Å². The highest BCUT2D eigenvalue weighted by Crippen LogP contribution is 2.30. The van der Waals surface area contributed by atoms with Crippen molar-refractivity contribution in [2.45, 2.75) is 12.1 Å². The Morgan fingerprint density at radius 3 is 2.39 bits per heavy atom. The molecule has 3 heterocycles. The van der Waals surface area contributed by atoms with Crippen LogP contribution in [0.1, 0.15) is 11.6 Å². The van der Waals surface area contributed by atoms with Gasteiger partial charge in [-0.2, -0.15) is 0 Å². The molecular formula is C20H23N5O3. The number of anilines is 1. The molecule has 2 saturated heterocycles. The van der Waals surface area contributed by atoms with Crippen LogP contribution in [-0.2, 0) is 14.3 Å². The lowest BCUT2D eigenvalue weighted by atomic mass is 9.97. The molecular weight excluding hydrogens is 358 g/mol. The van der Waals surface area contributed by atoms with Crippen molar-refractivity contribution in [2.24, 2.45) is 0 Å². The van der Waals surface area contributed by atoms with Crippen LogP contribution < -0.4 is 4.90 Å². The summed E-state index contributed by atoms with van der Waals surface area (Å²) in [5, 5.41) is 0. The van der Waals surface area contributed by atoms with Crippen molar-refractivity contribution in [1.29, 1.82) is 0 Å². The van der Waals surface area contributed by atoms with E-state index >= 15 is 0 Å². The van der Waals surface area contributed by atoms with E-state index in [1.54, 1.807) is 30.4 Å². The SMILES string of the molecule is CN1C(=O)CO[C@@H](C(=O)N2CCN(c3ncccn3)CC2)[C@@H]1c1ccccc1. The summed E-state index contributed by atoms with van der Waals surface area (Å²) in [6.07, 6.45) is 2.73. The van der Waals surface area contributed by atoms with Gasteiger partial charge in [0, 0.05) is 45.6 Å². The van der Waals surface area contributed by atoms with E-state index in [1.807, 2.05) is 35.2 Å². The highest BCUT2D eigenvalue weighted by atomic mass is 16.5. The average Bonchev–Trinajstić information content (AvgIpc) is 2.76. The minimum absolute atomic E-state index is 0.0753. The number of ether oxygens (including phenoxy) is 1. The smallest absolute Gasteiger partial charge is 0.254 e. The highest BCUT2D eigenvalue weighted by molar-refractivity contribution is 5.86. The minimum Gasteiger partial charge on any atom is -0.356 e. The Kier molecular flexibility index (Phi) is 5.21. The van der Waals surface area contributed by atoms with Crippen molar-refractivity contribution in [2.75, 3.05) is 44.7 Å². The van der Waals surface area contributed by atoms with Crippen molar-refractivity contribution in [3.8, 4) is 0 Å². The number of benzene rings is 1. The maximum atomic E-state index is 13.2. The lowest BCUT2D eigenvalue weighted by Crippen LogP contribution is -2.57. The van der Waals surface area contributed by atoms with Crippen molar-refractivity contribution in [3.05, 3.63) is 54.4 Å². The largest absolute Gasteiger partial charge is 0.356 e. The first kappa shape index (κ1) is 18.4. The summed E-state index contributed by atoms with van der Waals surface area (Å²) in [6.45, 7) is 2.38. The molecule has 0 spiro atoms. The number of carbonyl (C=O) groups excluding carboxylic acids is 2. The normalized spacial score (nSPS) is 23.0. The van der Waals surface area contributed by atoms with E-state index < -0.39 is 12.1 Å². The Labute approximate surface area is 163 Å². The molecule has 2 fully saturated rings. The fraction of sp³-hybridized carbons (Fsp3) is 0.400. The molecule has 4 rings (SSSR count). The molecule has 0 unspecified atom stereocenters. The zero-order chi connectivity index (χ0) is 19.5. The Bertz CT molecular complexity index is 824. The fourth-order valence-electron chi connectivity index (χ4n) is 3.73. The van der Waals surface area contributed by atoms with Crippen LogP contribution in [0.5, 0.6) is 0 Å². The lowest BCUT2D eigenvalue weighted by Gasteiger charge is -2.42. The predicted molar refractivity (Wildman–Crippen MR) is 103 cm³/mol. The second kappa shape index (κ2) is 7.93. The Morgan fingerprint density at radius 2 is 1.71 bits per heavy atom. The van der Waals surface area contributed by atoms with E-state index in [0.29, 0.717) is 32.1 Å². The molecule has 0 bridgehead atoms. The number of rotatable bonds is 3. The van der Waals surface area contributed by atoms with Crippen LogP contribution in [0.2, 0.25) is 0 Å². The Balaban J connectivity index is 1.48. The molecule has 8 nitrogen and oxygen atoms in total. The van der Waals surface area contributed by atoms with Crippen molar-refractivity contribution < 1.29 is 14.3 Å². The summed E-state index contributed by atoms with van der Waals surface area (Å²) < 4.78 is 5.73. The third kappa shape index (κ3) is 3.55.